The fraction of sp³-hybridized carbons (Fsp3) is 0.929. The van der Waals surface area contributed by atoms with Crippen molar-refractivity contribution in [3.05, 3.63) is 0 Å². The highest BCUT2D eigenvalue weighted by atomic mass is 16.7. The standard InChI is InChI=1S/C14H27NO5/c1-10(17)11(18)14(9-16)5-7-15(8-6-14)20-12(19)13(2,3)4/h10-11,16-18H,5-9H2,1-4H3/t10-,11?/m1/s1. The van der Waals surface area contributed by atoms with Gasteiger partial charge in [0.25, 0.3) is 0 Å². The van der Waals surface area contributed by atoms with E-state index in [9.17, 15) is 20.1 Å². The van der Waals surface area contributed by atoms with Crippen LogP contribution in [-0.4, -0.2) is 58.3 Å². The van der Waals surface area contributed by atoms with Crippen LogP contribution in [0.25, 0.3) is 0 Å². The van der Waals surface area contributed by atoms with Gasteiger partial charge in [-0.3, -0.25) is 0 Å². The van der Waals surface area contributed by atoms with Gasteiger partial charge in [-0.25, -0.2) is 4.79 Å². The maximum absolute atomic E-state index is 11.8. The van der Waals surface area contributed by atoms with Crippen LogP contribution >= 0.6 is 0 Å². The van der Waals surface area contributed by atoms with Crippen molar-refractivity contribution in [2.24, 2.45) is 10.8 Å². The Balaban J connectivity index is 2.60. The van der Waals surface area contributed by atoms with E-state index in [4.69, 9.17) is 4.84 Å². The molecular formula is C14H27NO5. The highest BCUT2D eigenvalue weighted by Gasteiger charge is 2.43. The minimum absolute atomic E-state index is 0.194. The third-order valence-electron chi connectivity index (χ3n) is 3.94. The second kappa shape index (κ2) is 6.39. The van der Waals surface area contributed by atoms with Gasteiger partial charge in [-0.1, -0.05) is 0 Å². The summed E-state index contributed by atoms with van der Waals surface area (Å²) in [4.78, 5) is 17.1. The van der Waals surface area contributed by atoms with E-state index >= 15 is 0 Å². The minimum atomic E-state index is -0.979. The summed E-state index contributed by atoms with van der Waals surface area (Å²) in [5, 5.41) is 30.7. The molecule has 1 unspecified atom stereocenters. The van der Waals surface area contributed by atoms with Crippen LogP contribution in [0.15, 0.2) is 0 Å². The molecule has 0 aromatic heterocycles. The maximum Gasteiger partial charge on any atom is 0.330 e. The predicted molar refractivity (Wildman–Crippen MR) is 73.6 cm³/mol. The Bertz CT molecular complexity index is 329. The second-order valence-electron chi connectivity index (χ2n) is 6.76. The zero-order valence-corrected chi connectivity index (χ0v) is 12.8. The Labute approximate surface area is 120 Å². The lowest BCUT2D eigenvalue weighted by atomic mass is 9.73. The predicted octanol–water partition coefficient (Wildman–Crippen LogP) is 0.307. The number of rotatable bonds is 4. The van der Waals surface area contributed by atoms with Crippen molar-refractivity contribution in [1.29, 1.82) is 0 Å². The van der Waals surface area contributed by atoms with E-state index in [0.29, 0.717) is 25.9 Å². The molecular weight excluding hydrogens is 262 g/mol. The van der Waals surface area contributed by atoms with Crippen molar-refractivity contribution in [3.63, 3.8) is 0 Å². The van der Waals surface area contributed by atoms with Crippen LogP contribution in [0.1, 0.15) is 40.5 Å². The fourth-order valence-electron chi connectivity index (χ4n) is 2.34. The summed E-state index contributed by atoms with van der Waals surface area (Å²) in [6, 6.07) is 0. The molecule has 6 nitrogen and oxygen atoms in total. The van der Waals surface area contributed by atoms with Crippen LogP contribution in [0.5, 0.6) is 0 Å². The third-order valence-corrected chi connectivity index (χ3v) is 3.94. The summed E-state index contributed by atoms with van der Waals surface area (Å²) in [7, 11) is 0. The fourth-order valence-corrected chi connectivity index (χ4v) is 2.34. The van der Waals surface area contributed by atoms with E-state index in [1.807, 2.05) is 0 Å². The lowest BCUT2D eigenvalue weighted by Crippen LogP contribution is -2.52. The Hall–Kier alpha value is -0.690. The van der Waals surface area contributed by atoms with Crippen molar-refractivity contribution >= 4 is 5.97 Å². The van der Waals surface area contributed by atoms with Crippen LogP contribution < -0.4 is 0 Å². The molecule has 1 saturated heterocycles. The summed E-state index contributed by atoms with van der Waals surface area (Å²) in [6.07, 6.45) is -0.946. The van der Waals surface area contributed by atoms with E-state index in [1.54, 1.807) is 25.8 Å². The maximum atomic E-state index is 11.8. The molecule has 0 spiro atoms. The zero-order chi connectivity index (χ0) is 15.6. The van der Waals surface area contributed by atoms with Gasteiger partial charge in [0, 0.05) is 18.5 Å². The first-order chi connectivity index (χ1) is 9.12. The van der Waals surface area contributed by atoms with Gasteiger partial charge in [0.2, 0.25) is 0 Å². The van der Waals surface area contributed by atoms with Crippen LogP contribution in [0.3, 0.4) is 0 Å². The number of carbonyl (C=O) groups excluding carboxylic acids is 1. The first-order valence-corrected chi connectivity index (χ1v) is 7.07. The summed E-state index contributed by atoms with van der Waals surface area (Å²) in [6.45, 7) is 7.55. The number of hydrogen-bond donors (Lipinski definition) is 3. The van der Waals surface area contributed by atoms with Crippen molar-refractivity contribution in [2.75, 3.05) is 19.7 Å². The topological polar surface area (TPSA) is 90.2 Å². The molecule has 1 aliphatic rings. The van der Waals surface area contributed by atoms with E-state index in [2.05, 4.69) is 0 Å². The molecule has 1 heterocycles. The van der Waals surface area contributed by atoms with Crippen molar-refractivity contribution < 1.29 is 25.0 Å². The molecule has 0 aliphatic carbocycles. The quantitative estimate of drug-likeness (QED) is 0.690. The monoisotopic (exact) mass is 289 g/mol. The molecule has 0 saturated carbocycles. The Kier molecular flexibility index (Phi) is 5.54. The number of carbonyl (C=O) groups is 1. The molecule has 1 aliphatic heterocycles. The Morgan fingerprint density at radius 1 is 1.30 bits per heavy atom. The van der Waals surface area contributed by atoms with E-state index in [1.165, 1.54) is 6.92 Å². The highest BCUT2D eigenvalue weighted by Crippen LogP contribution is 2.36. The largest absolute Gasteiger partial charge is 0.396 e. The van der Waals surface area contributed by atoms with Crippen LogP contribution in [0, 0.1) is 10.8 Å². The summed E-state index contributed by atoms with van der Waals surface area (Å²) >= 11 is 0. The summed E-state index contributed by atoms with van der Waals surface area (Å²) in [5.41, 5.74) is -1.29. The van der Waals surface area contributed by atoms with Crippen LogP contribution in [0.4, 0.5) is 0 Å². The van der Waals surface area contributed by atoms with Gasteiger partial charge in [0.15, 0.2) is 0 Å². The Morgan fingerprint density at radius 2 is 1.80 bits per heavy atom. The molecule has 0 aromatic rings. The third kappa shape index (κ3) is 3.91. The minimum Gasteiger partial charge on any atom is -0.396 e. The second-order valence-corrected chi connectivity index (χ2v) is 6.76. The van der Waals surface area contributed by atoms with Gasteiger partial charge in [-0.2, -0.15) is 0 Å². The first kappa shape index (κ1) is 17.4. The Morgan fingerprint density at radius 3 is 2.15 bits per heavy atom. The van der Waals surface area contributed by atoms with Gasteiger partial charge >= 0.3 is 5.97 Å². The van der Waals surface area contributed by atoms with Crippen molar-refractivity contribution in [1.82, 2.24) is 5.06 Å². The smallest absolute Gasteiger partial charge is 0.330 e. The number of hydrogen-bond acceptors (Lipinski definition) is 6. The number of aliphatic hydroxyl groups is 3. The molecule has 2 atom stereocenters. The SMILES string of the molecule is C[C@@H](O)C(O)C1(CO)CCN(OC(=O)C(C)(C)C)CC1. The van der Waals surface area contributed by atoms with Gasteiger partial charge in [0.05, 0.1) is 24.2 Å². The van der Waals surface area contributed by atoms with Gasteiger partial charge in [0.1, 0.15) is 0 Å². The van der Waals surface area contributed by atoms with Crippen LogP contribution in [-0.2, 0) is 9.63 Å². The van der Waals surface area contributed by atoms with Gasteiger partial charge in [-0.15, -0.1) is 5.06 Å². The average molecular weight is 289 g/mol. The van der Waals surface area contributed by atoms with Crippen molar-refractivity contribution in [3.8, 4) is 0 Å². The first-order valence-electron chi connectivity index (χ1n) is 7.07. The molecule has 0 amide bonds. The molecule has 0 aromatic carbocycles. The zero-order valence-electron chi connectivity index (χ0n) is 12.8. The molecule has 1 rings (SSSR count). The number of piperidine rings is 1. The lowest BCUT2D eigenvalue weighted by molar-refractivity contribution is -0.217. The van der Waals surface area contributed by atoms with E-state index < -0.39 is 23.0 Å². The molecule has 1 fully saturated rings. The average Bonchev–Trinajstić information content (AvgIpc) is 2.37. The number of nitrogens with zero attached hydrogens (tertiary/aromatic N) is 1. The normalized spacial score (nSPS) is 23.1. The number of aliphatic hydroxyl groups excluding tert-OH is 3. The van der Waals surface area contributed by atoms with Crippen LogP contribution in [0.2, 0.25) is 0 Å². The van der Waals surface area contributed by atoms with E-state index in [-0.39, 0.29) is 12.6 Å². The number of hydroxylamine groups is 2. The highest BCUT2D eigenvalue weighted by molar-refractivity contribution is 5.75. The molecule has 118 valence electrons. The molecule has 0 radical (unpaired) electrons. The summed E-state index contributed by atoms with van der Waals surface area (Å²) in [5.74, 6) is -0.301. The van der Waals surface area contributed by atoms with Gasteiger partial charge < -0.3 is 20.2 Å². The lowest BCUT2D eigenvalue weighted by Gasteiger charge is -2.43. The molecule has 6 heteroatoms. The molecule has 3 N–H and O–H groups in total. The van der Waals surface area contributed by atoms with Crippen molar-refractivity contribution in [2.45, 2.75) is 52.7 Å². The molecule has 20 heavy (non-hydrogen) atoms. The van der Waals surface area contributed by atoms with E-state index in [0.717, 1.165) is 0 Å². The van der Waals surface area contributed by atoms with Gasteiger partial charge in [-0.05, 0) is 40.5 Å². The summed E-state index contributed by atoms with van der Waals surface area (Å²) < 4.78 is 0. The molecule has 0 bridgehead atoms.